The van der Waals surface area contributed by atoms with Crippen molar-refractivity contribution in [1.29, 1.82) is 0 Å². The van der Waals surface area contributed by atoms with Gasteiger partial charge in [-0.05, 0) is 41.8 Å². The van der Waals surface area contributed by atoms with Gasteiger partial charge in [-0.1, -0.05) is 47.6 Å². The maximum Gasteiger partial charge on any atom is 0.258 e. The predicted molar refractivity (Wildman–Crippen MR) is 125 cm³/mol. The zero-order valence-corrected chi connectivity index (χ0v) is 18.5. The number of thioether (sulfide) groups is 1. The first kappa shape index (κ1) is 20.0. The average molecular weight is 466 g/mol. The maximum atomic E-state index is 12.4. The van der Waals surface area contributed by atoms with E-state index in [1.807, 2.05) is 36.4 Å². The van der Waals surface area contributed by atoms with Crippen molar-refractivity contribution in [3.8, 4) is 5.69 Å². The SMILES string of the molecule is O=c1[nH]c(CSc2nnc(Cc3cccs3)n2-c2ccccc2)nc2cc(Cl)ccc12. The van der Waals surface area contributed by atoms with Crippen LogP contribution in [0.3, 0.4) is 0 Å². The molecule has 0 unspecified atom stereocenters. The number of para-hydroxylation sites is 1. The van der Waals surface area contributed by atoms with Crippen molar-refractivity contribution < 1.29 is 0 Å². The number of H-pyrrole nitrogens is 1. The van der Waals surface area contributed by atoms with Gasteiger partial charge in [0.1, 0.15) is 11.6 Å². The molecule has 2 aromatic carbocycles. The van der Waals surface area contributed by atoms with Crippen LogP contribution in [0.15, 0.2) is 76.0 Å². The van der Waals surface area contributed by atoms with E-state index >= 15 is 0 Å². The highest BCUT2D eigenvalue weighted by atomic mass is 35.5. The molecule has 0 radical (unpaired) electrons. The number of thiophene rings is 1. The number of hydrogen-bond donors (Lipinski definition) is 1. The number of aromatic nitrogens is 5. The molecule has 0 bridgehead atoms. The summed E-state index contributed by atoms with van der Waals surface area (Å²) in [5.74, 6) is 1.87. The summed E-state index contributed by atoms with van der Waals surface area (Å²) in [4.78, 5) is 21.1. The third-order valence-corrected chi connectivity index (χ3v) is 6.73. The number of aromatic amines is 1. The normalized spacial score (nSPS) is 11.3. The molecule has 6 nitrogen and oxygen atoms in total. The fourth-order valence-electron chi connectivity index (χ4n) is 3.28. The van der Waals surface area contributed by atoms with Crippen LogP contribution in [0.2, 0.25) is 5.02 Å². The Morgan fingerprint density at radius 3 is 2.74 bits per heavy atom. The van der Waals surface area contributed by atoms with E-state index in [1.165, 1.54) is 16.6 Å². The zero-order chi connectivity index (χ0) is 21.2. The van der Waals surface area contributed by atoms with Gasteiger partial charge in [-0.25, -0.2) is 4.98 Å². The quantitative estimate of drug-likeness (QED) is 0.353. The van der Waals surface area contributed by atoms with E-state index in [0.717, 1.165) is 16.7 Å². The molecule has 5 rings (SSSR count). The minimum absolute atomic E-state index is 0.180. The summed E-state index contributed by atoms with van der Waals surface area (Å²) in [6, 6.07) is 19.2. The Kier molecular flexibility index (Phi) is 5.59. The van der Waals surface area contributed by atoms with Crippen molar-refractivity contribution in [1.82, 2.24) is 24.7 Å². The smallest absolute Gasteiger partial charge is 0.258 e. The van der Waals surface area contributed by atoms with Crippen molar-refractivity contribution in [2.45, 2.75) is 17.3 Å². The molecule has 5 aromatic rings. The molecule has 0 aliphatic rings. The van der Waals surface area contributed by atoms with Gasteiger partial charge in [-0.2, -0.15) is 0 Å². The molecule has 154 valence electrons. The number of nitrogens with zero attached hydrogens (tertiary/aromatic N) is 4. The Morgan fingerprint density at radius 2 is 1.94 bits per heavy atom. The van der Waals surface area contributed by atoms with Crippen LogP contribution in [-0.4, -0.2) is 24.7 Å². The minimum Gasteiger partial charge on any atom is -0.309 e. The first-order chi connectivity index (χ1) is 15.2. The van der Waals surface area contributed by atoms with Gasteiger partial charge in [-0.15, -0.1) is 21.5 Å². The third kappa shape index (κ3) is 4.27. The van der Waals surface area contributed by atoms with E-state index in [-0.39, 0.29) is 5.56 Å². The van der Waals surface area contributed by atoms with Crippen LogP contribution in [0.5, 0.6) is 0 Å². The Balaban J connectivity index is 1.47. The van der Waals surface area contributed by atoms with Crippen LogP contribution < -0.4 is 5.56 Å². The summed E-state index contributed by atoms with van der Waals surface area (Å²) >= 11 is 9.24. The Morgan fingerprint density at radius 1 is 1.06 bits per heavy atom. The van der Waals surface area contributed by atoms with E-state index in [4.69, 9.17) is 11.6 Å². The van der Waals surface area contributed by atoms with E-state index in [2.05, 4.69) is 36.2 Å². The second-order valence-corrected chi connectivity index (χ2v) is 9.20. The minimum atomic E-state index is -0.180. The van der Waals surface area contributed by atoms with E-state index in [9.17, 15) is 4.79 Å². The summed E-state index contributed by atoms with van der Waals surface area (Å²) in [5.41, 5.74) is 1.39. The topological polar surface area (TPSA) is 76.5 Å². The summed E-state index contributed by atoms with van der Waals surface area (Å²) in [5, 5.41) is 12.7. The highest BCUT2D eigenvalue weighted by molar-refractivity contribution is 7.98. The van der Waals surface area contributed by atoms with E-state index < -0.39 is 0 Å². The first-order valence-electron chi connectivity index (χ1n) is 9.51. The van der Waals surface area contributed by atoms with Crippen LogP contribution in [0, 0.1) is 0 Å². The Labute approximate surface area is 191 Å². The molecule has 3 aromatic heterocycles. The highest BCUT2D eigenvalue weighted by Crippen LogP contribution is 2.26. The molecule has 0 amide bonds. The van der Waals surface area contributed by atoms with Gasteiger partial charge in [0.2, 0.25) is 0 Å². The lowest BCUT2D eigenvalue weighted by atomic mass is 10.2. The lowest BCUT2D eigenvalue weighted by Crippen LogP contribution is -2.11. The van der Waals surface area contributed by atoms with Crippen molar-refractivity contribution in [2.75, 3.05) is 0 Å². The fourth-order valence-corrected chi connectivity index (χ4v) is 4.98. The fraction of sp³-hybridized carbons (Fsp3) is 0.0909. The van der Waals surface area contributed by atoms with Crippen molar-refractivity contribution in [3.63, 3.8) is 0 Å². The van der Waals surface area contributed by atoms with Gasteiger partial charge < -0.3 is 4.98 Å². The Bertz CT molecular complexity index is 1400. The molecule has 0 aliphatic carbocycles. The molecular weight excluding hydrogens is 450 g/mol. The second-order valence-electron chi connectivity index (χ2n) is 6.79. The van der Waals surface area contributed by atoms with Crippen molar-refractivity contribution >= 4 is 45.6 Å². The molecule has 9 heteroatoms. The number of rotatable bonds is 6. The lowest BCUT2D eigenvalue weighted by molar-refractivity contribution is 0.849. The zero-order valence-electron chi connectivity index (χ0n) is 16.2. The molecule has 0 fully saturated rings. The lowest BCUT2D eigenvalue weighted by Gasteiger charge is -2.10. The third-order valence-electron chi connectivity index (χ3n) is 4.68. The Hall–Kier alpha value is -2.94. The molecule has 31 heavy (non-hydrogen) atoms. The number of fused-ring (bicyclic) bond motifs is 1. The number of halogens is 1. The number of benzene rings is 2. The molecular formula is C22H16ClN5OS2. The maximum absolute atomic E-state index is 12.4. The first-order valence-corrected chi connectivity index (χ1v) is 11.7. The molecule has 1 N–H and O–H groups in total. The van der Waals surface area contributed by atoms with Crippen molar-refractivity contribution in [2.24, 2.45) is 0 Å². The monoisotopic (exact) mass is 465 g/mol. The van der Waals surface area contributed by atoms with Gasteiger partial charge in [0, 0.05) is 22.0 Å². The van der Waals surface area contributed by atoms with Gasteiger partial charge in [0.25, 0.3) is 5.56 Å². The van der Waals surface area contributed by atoms with Gasteiger partial charge >= 0.3 is 0 Å². The predicted octanol–water partition coefficient (Wildman–Crippen LogP) is 5.10. The number of hydrogen-bond acceptors (Lipinski definition) is 6. The summed E-state index contributed by atoms with van der Waals surface area (Å²) in [7, 11) is 0. The van der Waals surface area contributed by atoms with Crippen LogP contribution in [0.25, 0.3) is 16.6 Å². The molecule has 0 saturated heterocycles. The second kappa shape index (κ2) is 8.66. The van der Waals surface area contributed by atoms with E-state index in [1.54, 1.807) is 29.5 Å². The molecule has 3 heterocycles. The molecule has 0 atom stereocenters. The molecule has 0 aliphatic heterocycles. The number of nitrogens with one attached hydrogen (secondary N) is 1. The van der Waals surface area contributed by atoms with Gasteiger partial charge in [-0.3, -0.25) is 9.36 Å². The van der Waals surface area contributed by atoms with Gasteiger partial charge in [0.15, 0.2) is 5.16 Å². The van der Waals surface area contributed by atoms with Crippen LogP contribution in [0.1, 0.15) is 16.5 Å². The summed E-state index contributed by atoms with van der Waals surface area (Å²) in [6.07, 6.45) is 0.698. The van der Waals surface area contributed by atoms with Crippen LogP contribution in [-0.2, 0) is 12.2 Å². The van der Waals surface area contributed by atoms with Gasteiger partial charge in [0.05, 0.1) is 16.7 Å². The largest absolute Gasteiger partial charge is 0.309 e. The summed E-state index contributed by atoms with van der Waals surface area (Å²) < 4.78 is 2.06. The van der Waals surface area contributed by atoms with Crippen molar-refractivity contribution in [3.05, 3.63) is 97.9 Å². The van der Waals surface area contributed by atoms with Crippen LogP contribution in [0.4, 0.5) is 0 Å². The average Bonchev–Trinajstić information content (AvgIpc) is 3.43. The van der Waals surface area contributed by atoms with Crippen LogP contribution >= 0.6 is 34.7 Å². The summed E-state index contributed by atoms with van der Waals surface area (Å²) in [6.45, 7) is 0. The highest BCUT2D eigenvalue weighted by Gasteiger charge is 2.16. The molecule has 0 saturated carbocycles. The molecule has 0 spiro atoms. The van der Waals surface area contributed by atoms with E-state index in [0.29, 0.717) is 33.9 Å². The standard InChI is InChI=1S/C22H16ClN5OS2/c23-14-8-9-17-18(11-14)24-19(25-21(17)29)13-31-22-27-26-20(12-16-7-4-10-30-16)28(22)15-5-2-1-3-6-15/h1-11H,12-13H2,(H,24,25,29).